The molecule has 1 amide bonds. The zero-order chi connectivity index (χ0) is 23.2. The van der Waals surface area contributed by atoms with Gasteiger partial charge in [-0.05, 0) is 49.2 Å². The lowest BCUT2D eigenvalue weighted by molar-refractivity contribution is -0.123. The van der Waals surface area contributed by atoms with Crippen LogP contribution in [-0.4, -0.2) is 61.8 Å². The van der Waals surface area contributed by atoms with Gasteiger partial charge in [0.25, 0.3) is 0 Å². The molecule has 0 radical (unpaired) electrons. The first-order valence-electron chi connectivity index (χ1n) is 10.9. The van der Waals surface area contributed by atoms with Crippen LogP contribution in [0.1, 0.15) is 12.8 Å². The molecular formula is C23H24ClN5O3S. The number of hydrogen-bond acceptors (Lipinski definition) is 6. The van der Waals surface area contributed by atoms with E-state index < -0.39 is 10.0 Å². The standard InChI is InChI=1S/C23H24ClN5O3S/c1-27-14-15-29(22-21(27)25-19-4-2-3-5-20(19)26-22)23(30)16-10-12-28(13-11-16)33(31,32)18-8-6-17(24)7-9-18/h2-9,16H,10-15H2,1H3. The lowest BCUT2D eigenvalue weighted by atomic mass is 9.96. The molecule has 8 nitrogen and oxygen atoms in total. The molecule has 0 unspecified atom stereocenters. The van der Waals surface area contributed by atoms with E-state index in [1.807, 2.05) is 36.2 Å². The number of carbonyl (C=O) groups excluding carboxylic acids is 1. The third kappa shape index (κ3) is 4.05. The maximum atomic E-state index is 13.5. The summed E-state index contributed by atoms with van der Waals surface area (Å²) in [5.41, 5.74) is 1.53. The molecule has 1 aromatic heterocycles. The minimum absolute atomic E-state index is 0.0162. The third-order valence-corrected chi connectivity index (χ3v) is 8.50. The van der Waals surface area contributed by atoms with E-state index in [2.05, 4.69) is 0 Å². The number of benzene rings is 2. The van der Waals surface area contributed by atoms with Gasteiger partial charge < -0.3 is 4.90 Å². The van der Waals surface area contributed by atoms with Gasteiger partial charge in [-0.15, -0.1) is 0 Å². The van der Waals surface area contributed by atoms with E-state index in [0.717, 1.165) is 11.0 Å². The van der Waals surface area contributed by atoms with E-state index in [4.69, 9.17) is 21.6 Å². The first-order valence-corrected chi connectivity index (χ1v) is 12.7. The number of rotatable bonds is 3. The van der Waals surface area contributed by atoms with Crippen molar-refractivity contribution in [2.75, 3.05) is 43.0 Å². The van der Waals surface area contributed by atoms with Crippen LogP contribution in [0.15, 0.2) is 53.4 Å². The largest absolute Gasteiger partial charge is 0.355 e. The number of halogens is 1. The Kier molecular flexibility index (Phi) is 5.72. The van der Waals surface area contributed by atoms with Gasteiger partial charge in [0.2, 0.25) is 15.9 Å². The highest BCUT2D eigenvalue weighted by atomic mass is 35.5. The Balaban J connectivity index is 1.34. The number of likely N-dealkylation sites (N-methyl/N-ethyl adjacent to an activating group) is 1. The Labute approximate surface area is 197 Å². The summed E-state index contributed by atoms with van der Waals surface area (Å²) in [7, 11) is -1.66. The molecule has 3 heterocycles. The summed E-state index contributed by atoms with van der Waals surface area (Å²) < 4.78 is 27.4. The van der Waals surface area contributed by atoms with Crippen molar-refractivity contribution in [3.63, 3.8) is 0 Å². The molecule has 0 bridgehead atoms. The van der Waals surface area contributed by atoms with Crippen LogP contribution in [0, 0.1) is 5.92 Å². The fourth-order valence-corrected chi connectivity index (χ4v) is 6.01. The van der Waals surface area contributed by atoms with E-state index in [1.165, 1.54) is 16.4 Å². The average molecular weight is 486 g/mol. The van der Waals surface area contributed by atoms with Crippen molar-refractivity contribution in [1.29, 1.82) is 0 Å². The Morgan fingerprint density at radius 2 is 1.52 bits per heavy atom. The zero-order valence-electron chi connectivity index (χ0n) is 18.2. The summed E-state index contributed by atoms with van der Waals surface area (Å²) in [6, 6.07) is 13.8. The van der Waals surface area contributed by atoms with Crippen molar-refractivity contribution in [2.24, 2.45) is 5.92 Å². The predicted octanol–water partition coefficient (Wildman–Crippen LogP) is 3.17. The smallest absolute Gasteiger partial charge is 0.243 e. The number of hydrogen-bond donors (Lipinski definition) is 0. The summed E-state index contributed by atoms with van der Waals surface area (Å²) in [4.78, 5) is 26.9. The van der Waals surface area contributed by atoms with Crippen LogP contribution in [0.4, 0.5) is 11.6 Å². The number of para-hydroxylation sites is 2. The summed E-state index contributed by atoms with van der Waals surface area (Å²) in [6.45, 7) is 1.78. The molecule has 5 rings (SSSR count). The average Bonchev–Trinajstić information content (AvgIpc) is 2.83. The van der Waals surface area contributed by atoms with Crippen molar-refractivity contribution in [3.05, 3.63) is 53.6 Å². The second-order valence-corrected chi connectivity index (χ2v) is 10.8. The van der Waals surface area contributed by atoms with E-state index in [9.17, 15) is 13.2 Å². The van der Waals surface area contributed by atoms with Crippen LogP contribution in [0.3, 0.4) is 0 Å². The Bertz CT molecular complexity index is 1310. The highest BCUT2D eigenvalue weighted by Gasteiger charge is 2.37. The molecule has 0 atom stereocenters. The minimum Gasteiger partial charge on any atom is -0.355 e. The molecule has 2 aromatic carbocycles. The van der Waals surface area contributed by atoms with Gasteiger partial charge in [-0.2, -0.15) is 4.31 Å². The highest BCUT2D eigenvalue weighted by molar-refractivity contribution is 7.89. The Morgan fingerprint density at radius 1 is 0.909 bits per heavy atom. The van der Waals surface area contributed by atoms with Gasteiger partial charge in [-0.1, -0.05) is 23.7 Å². The van der Waals surface area contributed by atoms with Gasteiger partial charge in [-0.25, -0.2) is 18.4 Å². The third-order valence-electron chi connectivity index (χ3n) is 6.33. The number of anilines is 2. The maximum absolute atomic E-state index is 13.5. The normalized spacial score (nSPS) is 17.9. The van der Waals surface area contributed by atoms with Gasteiger partial charge in [0.05, 0.1) is 15.9 Å². The first kappa shape index (κ1) is 22.1. The van der Waals surface area contributed by atoms with Gasteiger partial charge >= 0.3 is 0 Å². The fourth-order valence-electron chi connectivity index (χ4n) is 4.41. The van der Waals surface area contributed by atoms with Crippen LogP contribution in [-0.2, 0) is 14.8 Å². The van der Waals surface area contributed by atoms with E-state index in [1.54, 1.807) is 17.0 Å². The summed E-state index contributed by atoms with van der Waals surface area (Å²) in [5, 5.41) is 0.488. The SMILES string of the molecule is CN1CCN(C(=O)C2CCN(S(=O)(=O)c3ccc(Cl)cc3)CC2)c2nc3ccccc3nc21. The van der Waals surface area contributed by atoms with Gasteiger partial charge in [-0.3, -0.25) is 9.69 Å². The quantitative estimate of drug-likeness (QED) is 0.566. The number of fused-ring (bicyclic) bond motifs is 2. The molecule has 172 valence electrons. The lowest BCUT2D eigenvalue weighted by Gasteiger charge is -2.37. The number of aromatic nitrogens is 2. The van der Waals surface area contributed by atoms with Gasteiger partial charge in [0, 0.05) is 44.2 Å². The minimum atomic E-state index is -3.61. The second kappa shape index (κ2) is 8.55. The molecular weight excluding hydrogens is 462 g/mol. The summed E-state index contributed by atoms with van der Waals surface area (Å²) in [5.74, 6) is 0.989. The zero-order valence-corrected chi connectivity index (χ0v) is 19.8. The monoisotopic (exact) mass is 485 g/mol. The molecule has 10 heteroatoms. The highest BCUT2D eigenvalue weighted by Crippen LogP contribution is 2.33. The number of amides is 1. The maximum Gasteiger partial charge on any atom is 0.243 e. The van der Waals surface area contributed by atoms with E-state index in [-0.39, 0.29) is 16.7 Å². The van der Waals surface area contributed by atoms with Crippen LogP contribution in [0.2, 0.25) is 5.02 Å². The molecule has 1 fully saturated rings. The molecule has 2 aliphatic heterocycles. The fraction of sp³-hybridized carbons (Fsp3) is 0.348. The molecule has 0 saturated carbocycles. The van der Waals surface area contributed by atoms with Gasteiger partial charge in [0.15, 0.2) is 11.6 Å². The van der Waals surface area contributed by atoms with Crippen LogP contribution >= 0.6 is 11.6 Å². The second-order valence-electron chi connectivity index (χ2n) is 8.40. The number of piperidine rings is 1. The van der Waals surface area contributed by atoms with Crippen molar-refractivity contribution in [1.82, 2.24) is 14.3 Å². The van der Waals surface area contributed by atoms with Crippen molar-refractivity contribution >= 4 is 50.2 Å². The number of sulfonamides is 1. The molecule has 0 aliphatic carbocycles. The molecule has 0 spiro atoms. The molecule has 2 aliphatic rings. The van der Waals surface area contributed by atoms with Crippen molar-refractivity contribution < 1.29 is 13.2 Å². The number of nitrogens with zero attached hydrogens (tertiary/aromatic N) is 5. The summed E-state index contributed by atoms with van der Waals surface area (Å²) in [6.07, 6.45) is 0.933. The van der Waals surface area contributed by atoms with Crippen molar-refractivity contribution in [3.8, 4) is 0 Å². The molecule has 3 aromatic rings. The number of carbonyl (C=O) groups is 1. The summed E-state index contributed by atoms with van der Waals surface area (Å²) >= 11 is 5.89. The van der Waals surface area contributed by atoms with Gasteiger partial charge in [0.1, 0.15) is 0 Å². The van der Waals surface area contributed by atoms with Crippen molar-refractivity contribution in [2.45, 2.75) is 17.7 Å². The van der Waals surface area contributed by atoms with E-state index in [0.29, 0.717) is 55.7 Å². The molecule has 1 saturated heterocycles. The van der Waals surface area contributed by atoms with Crippen LogP contribution in [0.25, 0.3) is 11.0 Å². The first-order chi connectivity index (χ1) is 15.8. The topological polar surface area (TPSA) is 86.7 Å². The lowest BCUT2D eigenvalue weighted by Crippen LogP contribution is -2.49. The Hall–Kier alpha value is -2.75. The molecule has 0 N–H and O–H groups in total. The Morgan fingerprint density at radius 3 is 2.15 bits per heavy atom. The van der Waals surface area contributed by atoms with E-state index >= 15 is 0 Å². The van der Waals surface area contributed by atoms with Crippen LogP contribution < -0.4 is 9.80 Å². The molecule has 33 heavy (non-hydrogen) atoms. The predicted molar refractivity (Wildman–Crippen MR) is 128 cm³/mol. The van der Waals surface area contributed by atoms with Crippen LogP contribution in [0.5, 0.6) is 0 Å².